The summed E-state index contributed by atoms with van der Waals surface area (Å²) in [4.78, 5) is 29.3. The number of fused-ring (bicyclic) bond motifs is 2. The molecular formula is C32H38F2N6O2. The third-order valence-electron chi connectivity index (χ3n) is 9.11. The minimum atomic E-state index is -0.654. The van der Waals surface area contributed by atoms with Crippen LogP contribution >= 0.6 is 0 Å². The predicted octanol–water partition coefficient (Wildman–Crippen LogP) is 4.78. The van der Waals surface area contributed by atoms with Crippen molar-refractivity contribution in [2.45, 2.75) is 51.1 Å². The van der Waals surface area contributed by atoms with E-state index in [2.05, 4.69) is 46.1 Å². The molecule has 10 heteroatoms. The number of hydrogen-bond donors (Lipinski definition) is 2. The maximum Gasteiger partial charge on any atom is 0.260 e. The fraction of sp³-hybridized carbons (Fsp3) is 0.438. The summed E-state index contributed by atoms with van der Waals surface area (Å²) in [5.41, 5.74) is 4.83. The molecule has 0 saturated carbocycles. The van der Waals surface area contributed by atoms with Gasteiger partial charge < -0.3 is 20.1 Å². The lowest BCUT2D eigenvalue weighted by atomic mass is 9.87. The van der Waals surface area contributed by atoms with Gasteiger partial charge in [0.2, 0.25) is 0 Å². The minimum absolute atomic E-state index is 0.0166. The van der Waals surface area contributed by atoms with Gasteiger partial charge in [-0.1, -0.05) is 0 Å². The van der Waals surface area contributed by atoms with E-state index >= 15 is 8.78 Å². The van der Waals surface area contributed by atoms with Gasteiger partial charge in [-0.15, -0.1) is 0 Å². The zero-order chi connectivity index (χ0) is 29.9. The van der Waals surface area contributed by atoms with Crippen LogP contribution in [0.2, 0.25) is 0 Å². The highest BCUT2D eigenvalue weighted by Crippen LogP contribution is 2.39. The summed E-state index contributed by atoms with van der Waals surface area (Å²) in [6.07, 6.45) is 5.90. The smallest absolute Gasteiger partial charge is 0.260 e. The van der Waals surface area contributed by atoms with Crippen molar-refractivity contribution in [1.82, 2.24) is 18.9 Å². The summed E-state index contributed by atoms with van der Waals surface area (Å²) >= 11 is 0. The number of rotatable bonds is 5. The molecule has 0 radical (unpaired) electrons. The fourth-order valence-electron chi connectivity index (χ4n) is 6.80. The first-order valence-corrected chi connectivity index (χ1v) is 14.7. The Bertz CT molecular complexity index is 1620. The molecule has 3 aromatic rings. The monoisotopic (exact) mass is 576 g/mol. The predicted molar refractivity (Wildman–Crippen MR) is 161 cm³/mol. The van der Waals surface area contributed by atoms with Crippen molar-refractivity contribution < 1.29 is 13.6 Å². The molecule has 222 valence electrons. The molecule has 5 heterocycles. The summed E-state index contributed by atoms with van der Waals surface area (Å²) in [6, 6.07) is 6.55. The van der Waals surface area contributed by atoms with E-state index in [1.54, 1.807) is 18.7 Å². The maximum atomic E-state index is 15.1. The first-order valence-electron chi connectivity index (χ1n) is 14.7. The van der Waals surface area contributed by atoms with Gasteiger partial charge >= 0.3 is 0 Å². The first-order chi connectivity index (χ1) is 20.0. The molecule has 6 rings (SSSR count). The molecule has 3 aliphatic heterocycles. The molecule has 1 aromatic carbocycles. The van der Waals surface area contributed by atoms with Gasteiger partial charge in [-0.3, -0.25) is 19.1 Å². The minimum Gasteiger partial charge on any atom is -0.384 e. The van der Waals surface area contributed by atoms with E-state index in [1.807, 2.05) is 19.3 Å². The fourth-order valence-corrected chi connectivity index (χ4v) is 6.80. The molecule has 0 bridgehead atoms. The van der Waals surface area contributed by atoms with Crippen LogP contribution in [-0.4, -0.2) is 64.6 Å². The number of hydrogen-bond acceptors (Lipinski definition) is 5. The van der Waals surface area contributed by atoms with Gasteiger partial charge in [-0.2, -0.15) is 0 Å². The Kier molecular flexibility index (Phi) is 7.21. The van der Waals surface area contributed by atoms with E-state index in [0.717, 1.165) is 59.1 Å². The Hall–Kier alpha value is -3.92. The van der Waals surface area contributed by atoms with Crippen LogP contribution in [0.5, 0.6) is 0 Å². The SMILES string of the molecule is CC1C=C(n2ccc3c(c2=O)CCN3)c2cc([C@H](C)N3CCC(c4c(F)cc(C(=O)N(C)C)cc4F)CC3)n(C)c2N1. The van der Waals surface area contributed by atoms with E-state index in [9.17, 15) is 9.59 Å². The molecule has 1 unspecified atom stereocenters. The Labute approximate surface area is 244 Å². The quantitative estimate of drug-likeness (QED) is 0.458. The Morgan fingerprint density at radius 3 is 2.48 bits per heavy atom. The third kappa shape index (κ3) is 4.71. The Balaban J connectivity index is 1.23. The molecule has 0 aliphatic carbocycles. The number of amides is 1. The molecule has 1 fully saturated rings. The largest absolute Gasteiger partial charge is 0.384 e. The van der Waals surface area contributed by atoms with Gasteiger partial charge in [0.15, 0.2) is 0 Å². The average molecular weight is 577 g/mol. The summed E-state index contributed by atoms with van der Waals surface area (Å²) in [6.45, 7) is 6.38. The molecule has 3 aliphatic rings. The third-order valence-corrected chi connectivity index (χ3v) is 9.11. The lowest BCUT2D eigenvalue weighted by Crippen LogP contribution is -2.36. The van der Waals surface area contributed by atoms with Gasteiger partial charge in [0.05, 0.1) is 5.70 Å². The van der Waals surface area contributed by atoms with Crippen LogP contribution in [0.1, 0.15) is 71.4 Å². The van der Waals surface area contributed by atoms with Gasteiger partial charge in [-0.25, -0.2) is 8.78 Å². The second-order valence-corrected chi connectivity index (χ2v) is 12.0. The van der Waals surface area contributed by atoms with Crippen molar-refractivity contribution in [2.75, 3.05) is 44.4 Å². The Morgan fingerprint density at radius 1 is 1.12 bits per heavy atom. The van der Waals surface area contributed by atoms with Crippen LogP contribution in [0.4, 0.5) is 20.3 Å². The molecule has 2 N–H and O–H groups in total. The number of aromatic nitrogens is 2. The van der Waals surface area contributed by atoms with E-state index in [1.165, 1.54) is 4.90 Å². The van der Waals surface area contributed by atoms with Crippen molar-refractivity contribution in [1.29, 1.82) is 0 Å². The van der Waals surface area contributed by atoms with Crippen molar-refractivity contribution in [3.05, 3.63) is 86.5 Å². The molecule has 2 atom stereocenters. The van der Waals surface area contributed by atoms with Gasteiger partial charge in [-0.05, 0) is 82.5 Å². The normalized spacial score (nSPS) is 19.4. The van der Waals surface area contributed by atoms with Gasteiger partial charge in [0.1, 0.15) is 17.5 Å². The van der Waals surface area contributed by atoms with E-state index in [4.69, 9.17) is 0 Å². The van der Waals surface area contributed by atoms with E-state index in [-0.39, 0.29) is 34.7 Å². The van der Waals surface area contributed by atoms with Crippen molar-refractivity contribution in [3.8, 4) is 0 Å². The zero-order valence-electron chi connectivity index (χ0n) is 24.8. The number of carbonyl (C=O) groups is 1. The number of likely N-dealkylation sites (tertiary alicyclic amines) is 1. The number of pyridine rings is 1. The van der Waals surface area contributed by atoms with Crippen LogP contribution in [-0.2, 0) is 13.5 Å². The average Bonchev–Trinajstić information content (AvgIpc) is 3.57. The van der Waals surface area contributed by atoms with Crippen molar-refractivity contribution in [3.63, 3.8) is 0 Å². The van der Waals surface area contributed by atoms with E-state index in [0.29, 0.717) is 25.9 Å². The highest BCUT2D eigenvalue weighted by molar-refractivity contribution is 5.94. The lowest BCUT2D eigenvalue weighted by molar-refractivity contribution is 0.0826. The maximum absolute atomic E-state index is 15.1. The summed E-state index contributed by atoms with van der Waals surface area (Å²) in [5.74, 6) is -1.01. The standard InChI is InChI=1S/C32H38F2N6O2/c1-18-14-28(40-13-9-26-22(32(40)42)6-10-35-26)23-17-27(38(5)30(23)36-18)19(2)39-11-7-20(8-12-39)29-24(33)15-21(16-25(29)34)31(41)37(3)4/h9,13-20,35-36H,6-8,10-12H2,1-5H3/t18?,19-/m0/s1. The number of anilines is 2. The molecule has 0 spiro atoms. The second-order valence-electron chi connectivity index (χ2n) is 12.0. The first kappa shape index (κ1) is 28.2. The molecule has 42 heavy (non-hydrogen) atoms. The number of nitrogens with one attached hydrogen (secondary N) is 2. The van der Waals surface area contributed by atoms with Crippen molar-refractivity contribution in [2.24, 2.45) is 7.05 Å². The van der Waals surface area contributed by atoms with Crippen LogP contribution in [0.25, 0.3) is 5.70 Å². The molecule has 1 amide bonds. The molecule has 8 nitrogen and oxygen atoms in total. The highest BCUT2D eigenvalue weighted by Gasteiger charge is 2.32. The number of nitrogens with zero attached hydrogens (tertiary/aromatic N) is 4. The van der Waals surface area contributed by atoms with Gasteiger partial charge in [0, 0.05) is 79.6 Å². The van der Waals surface area contributed by atoms with Crippen LogP contribution < -0.4 is 16.2 Å². The van der Waals surface area contributed by atoms with Crippen LogP contribution in [0.3, 0.4) is 0 Å². The van der Waals surface area contributed by atoms with Crippen LogP contribution in [0.15, 0.2) is 41.3 Å². The topological polar surface area (TPSA) is 74.5 Å². The second kappa shape index (κ2) is 10.7. The summed E-state index contributed by atoms with van der Waals surface area (Å²) < 4.78 is 34.1. The van der Waals surface area contributed by atoms with E-state index < -0.39 is 17.5 Å². The van der Waals surface area contributed by atoms with Crippen LogP contribution in [0, 0.1) is 11.6 Å². The number of benzene rings is 1. The number of halogens is 2. The highest BCUT2D eigenvalue weighted by atomic mass is 19.1. The summed E-state index contributed by atoms with van der Waals surface area (Å²) in [7, 11) is 5.16. The Morgan fingerprint density at radius 2 is 1.81 bits per heavy atom. The van der Waals surface area contributed by atoms with Crippen molar-refractivity contribution >= 4 is 23.1 Å². The number of carbonyl (C=O) groups excluding carboxylic acids is 1. The number of piperidine rings is 1. The zero-order valence-corrected chi connectivity index (χ0v) is 24.8. The van der Waals surface area contributed by atoms with Gasteiger partial charge in [0.25, 0.3) is 11.5 Å². The molecular weight excluding hydrogens is 538 g/mol. The molecule has 2 aromatic heterocycles. The molecule has 1 saturated heterocycles. The lowest BCUT2D eigenvalue weighted by Gasteiger charge is -2.36. The summed E-state index contributed by atoms with van der Waals surface area (Å²) in [5, 5.41) is 6.85.